The zero-order valence-electron chi connectivity index (χ0n) is 14.8. The van der Waals surface area contributed by atoms with Crippen LogP contribution in [0.2, 0.25) is 0 Å². The molecule has 1 N–H and O–H groups in total. The first-order chi connectivity index (χ1) is 12.8. The maximum absolute atomic E-state index is 12.3. The summed E-state index contributed by atoms with van der Waals surface area (Å²) in [5.41, 5.74) is 0. The second-order valence-electron chi connectivity index (χ2n) is 7.06. The van der Waals surface area contributed by atoms with E-state index in [1.165, 1.54) is 0 Å². The molecule has 3 aliphatic rings. The van der Waals surface area contributed by atoms with Gasteiger partial charge in [0.05, 0.1) is 29.8 Å². The van der Waals surface area contributed by atoms with Gasteiger partial charge in [-0.1, -0.05) is 12.2 Å². The normalized spacial score (nSPS) is 28.9. The number of carbonyl (C=O) groups excluding carboxylic acids is 4. The van der Waals surface area contributed by atoms with E-state index in [4.69, 9.17) is 4.74 Å². The van der Waals surface area contributed by atoms with Gasteiger partial charge in [-0.15, -0.1) is 0 Å². The summed E-state index contributed by atoms with van der Waals surface area (Å²) in [5, 5.41) is 2.51. The van der Waals surface area contributed by atoms with Crippen molar-refractivity contribution in [1.82, 2.24) is 10.2 Å². The van der Waals surface area contributed by atoms with Gasteiger partial charge in [-0.25, -0.2) is 8.42 Å². The Balaban J connectivity index is 1.39. The highest BCUT2D eigenvalue weighted by molar-refractivity contribution is 7.91. The molecule has 2 fully saturated rings. The van der Waals surface area contributed by atoms with E-state index in [0.29, 0.717) is 19.3 Å². The lowest BCUT2D eigenvalue weighted by Gasteiger charge is -2.14. The molecule has 0 radical (unpaired) electrons. The molecule has 0 saturated carbocycles. The average Bonchev–Trinajstić information content (AvgIpc) is 3.09. The highest BCUT2D eigenvalue weighted by Crippen LogP contribution is 2.34. The second-order valence-corrected chi connectivity index (χ2v) is 9.29. The Morgan fingerprint density at radius 2 is 1.78 bits per heavy atom. The highest BCUT2D eigenvalue weighted by Gasteiger charge is 2.46. The highest BCUT2D eigenvalue weighted by atomic mass is 32.2. The van der Waals surface area contributed by atoms with Gasteiger partial charge in [-0.05, 0) is 19.3 Å². The topological polar surface area (TPSA) is 127 Å². The summed E-state index contributed by atoms with van der Waals surface area (Å²) in [4.78, 5) is 49.2. The van der Waals surface area contributed by atoms with Crippen LogP contribution in [-0.4, -0.2) is 67.7 Å². The number of rotatable bonds is 6. The van der Waals surface area contributed by atoms with Gasteiger partial charge in [0.2, 0.25) is 11.8 Å². The van der Waals surface area contributed by atoms with Crippen LogP contribution in [0.25, 0.3) is 0 Å². The van der Waals surface area contributed by atoms with Crippen molar-refractivity contribution in [3.8, 4) is 0 Å². The summed E-state index contributed by atoms with van der Waals surface area (Å²) >= 11 is 0. The van der Waals surface area contributed by atoms with E-state index in [2.05, 4.69) is 5.32 Å². The van der Waals surface area contributed by atoms with Gasteiger partial charge < -0.3 is 10.1 Å². The van der Waals surface area contributed by atoms with E-state index in [1.807, 2.05) is 12.2 Å². The van der Waals surface area contributed by atoms with Gasteiger partial charge in [0.1, 0.15) is 0 Å². The molecule has 0 unspecified atom stereocenters. The number of nitrogens with zero attached hydrogens (tertiary/aromatic N) is 1. The fourth-order valence-electron chi connectivity index (χ4n) is 3.69. The molecule has 1 aliphatic carbocycles. The molecule has 3 amide bonds. The first-order valence-electron chi connectivity index (χ1n) is 8.92. The van der Waals surface area contributed by atoms with Crippen LogP contribution in [0, 0.1) is 11.8 Å². The minimum Gasteiger partial charge on any atom is -0.456 e. The molecular formula is C17H22N2O7S. The molecule has 10 heteroatoms. The first-order valence-corrected chi connectivity index (χ1v) is 10.7. The van der Waals surface area contributed by atoms with E-state index in [-0.39, 0.29) is 48.1 Å². The Bertz CT molecular complexity index is 763. The summed E-state index contributed by atoms with van der Waals surface area (Å²) < 4.78 is 27.5. The van der Waals surface area contributed by atoms with Crippen molar-refractivity contribution in [2.24, 2.45) is 11.8 Å². The van der Waals surface area contributed by atoms with Gasteiger partial charge in [0.15, 0.2) is 16.4 Å². The number of sulfone groups is 1. The average molecular weight is 398 g/mol. The molecule has 27 heavy (non-hydrogen) atoms. The first kappa shape index (κ1) is 19.5. The van der Waals surface area contributed by atoms with Crippen LogP contribution in [0.1, 0.15) is 25.7 Å². The van der Waals surface area contributed by atoms with Crippen molar-refractivity contribution >= 4 is 33.5 Å². The molecule has 3 rings (SSSR count). The lowest BCUT2D eigenvalue weighted by molar-refractivity contribution is -0.150. The molecule has 3 atom stereocenters. The van der Waals surface area contributed by atoms with Gasteiger partial charge >= 0.3 is 5.97 Å². The predicted octanol–water partition coefficient (Wildman–Crippen LogP) is -0.826. The monoisotopic (exact) mass is 398 g/mol. The van der Waals surface area contributed by atoms with Crippen LogP contribution in [0.3, 0.4) is 0 Å². The Kier molecular flexibility index (Phi) is 5.64. The summed E-state index contributed by atoms with van der Waals surface area (Å²) in [6.45, 7) is -0.585. The quantitative estimate of drug-likeness (QED) is 0.352. The number of fused-ring (bicyclic) bond motifs is 1. The Morgan fingerprint density at radius 1 is 1.15 bits per heavy atom. The predicted molar refractivity (Wildman–Crippen MR) is 92.9 cm³/mol. The summed E-state index contributed by atoms with van der Waals surface area (Å²) in [6, 6.07) is -0.460. The minimum absolute atomic E-state index is 0.0349. The summed E-state index contributed by atoms with van der Waals surface area (Å²) in [6.07, 6.45) is 5.00. The largest absolute Gasteiger partial charge is 0.456 e. The minimum atomic E-state index is -3.11. The molecule has 0 bridgehead atoms. The molecule has 2 saturated heterocycles. The maximum Gasteiger partial charge on any atom is 0.308 e. The van der Waals surface area contributed by atoms with Crippen molar-refractivity contribution < 1.29 is 32.3 Å². The third kappa shape index (κ3) is 4.55. The Morgan fingerprint density at radius 3 is 2.33 bits per heavy atom. The van der Waals surface area contributed by atoms with E-state index >= 15 is 0 Å². The fourth-order valence-corrected chi connectivity index (χ4v) is 5.36. The Labute approximate surface area is 157 Å². The molecular weight excluding hydrogens is 376 g/mol. The molecule has 0 aromatic rings. The number of allylic oxidation sites excluding steroid dienone is 2. The molecule has 148 valence electrons. The van der Waals surface area contributed by atoms with Gasteiger partial charge in [0, 0.05) is 12.6 Å². The van der Waals surface area contributed by atoms with E-state index < -0.39 is 34.4 Å². The molecule has 2 heterocycles. The van der Waals surface area contributed by atoms with E-state index in [9.17, 15) is 27.6 Å². The number of likely N-dealkylation sites (tertiary alicyclic amines) is 1. The van der Waals surface area contributed by atoms with Crippen molar-refractivity contribution in [2.45, 2.75) is 31.7 Å². The smallest absolute Gasteiger partial charge is 0.308 e. The number of amides is 3. The number of hydrogen-bond donors (Lipinski definition) is 1. The fraction of sp³-hybridized carbons (Fsp3) is 0.647. The number of hydrogen-bond acceptors (Lipinski definition) is 7. The third-order valence-electron chi connectivity index (χ3n) is 5.10. The lowest BCUT2D eigenvalue weighted by Crippen LogP contribution is -2.38. The standard InChI is InChI=1S/C17H22N2O7S/c20-14(18-11-6-8-27(24,25)10-11)9-26-15(21)5-7-19-16(22)12-3-1-2-4-13(12)17(19)23/h1-2,11-13H,3-10H2,(H,18,20)/t11-,12+,13+/m1/s1. The Hall–Kier alpha value is -2.23. The van der Waals surface area contributed by atoms with Crippen LogP contribution < -0.4 is 5.32 Å². The molecule has 0 aromatic carbocycles. The molecule has 0 spiro atoms. The van der Waals surface area contributed by atoms with Crippen molar-refractivity contribution in [2.75, 3.05) is 24.7 Å². The summed E-state index contributed by atoms with van der Waals surface area (Å²) in [7, 11) is -3.11. The zero-order valence-corrected chi connectivity index (χ0v) is 15.6. The van der Waals surface area contributed by atoms with Gasteiger partial charge in [-0.3, -0.25) is 24.1 Å². The van der Waals surface area contributed by atoms with Crippen molar-refractivity contribution in [3.05, 3.63) is 12.2 Å². The second kappa shape index (κ2) is 7.79. The summed E-state index contributed by atoms with van der Waals surface area (Å²) in [5.74, 6) is -2.55. The number of ether oxygens (including phenoxy) is 1. The van der Waals surface area contributed by atoms with Crippen LogP contribution in [-0.2, 0) is 33.8 Å². The van der Waals surface area contributed by atoms with Crippen LogP contribution in [0.5, 0.6) is 0 Å². The number of nitrogens with one attached hydrogen (secondary N) is 1. The van der Waals surface area contributed by atoms with Crippen LogP contribution in [0.4, 0.5) is 0 Å². The van der Waals surface area contributed by atoms with Crippen LogP contribution >= 0.6 is 0 Å². The molecule has 0 aromatic heterocycles. The number of carbonyl (C=O) groups is 4. The van der Waals surface area contributed by atoms with Gasteiger partial charge in [0.25, 0.3) is 5.91 Å². The number of esters is 1. The zero-order chi connectivity index (χ0) is 19.6. The number of imide groups is 1. The van der Waals surface area contributed by atoms with E-state index in [1.54, 1.807) is 0 Å². The lowest BCUT2D eigenvalue weighted by atomic mass is 9.85. The van der Waals surface area contributed by atoms with Crippen molar-refractivity contribution in [1.29, 1.82) is 0 Å². The molecule has 2 aliphatic heterocycles. The van der Waals surface area contributed by atoms with Gasteiger partial charge in [-0.2, -0.15) is 0 Å². The SMILES string of the molecule is O=C(COC(=O)CCN1C(=O)[C@H]2CC=CC[C@@H]2C1=O)N[C@@H]1CCS(=O)(=O)C1. The van der Waals surface area contributed by atoms with Crippen LogP contribution in [0.15, 0.2) is 12.2 Å². The molecule has 9 nitrogen and oxygen atoms in total. The van der Waals surface area contributed by atoms with Crippen molar-refractivity contribution in [3.63, 3.8) is 0 Å². The van der Waals surface area contributed by atoms with E-state index in [0.717, 1.165) is 4.90 Å². The third-order valence-corrected chi connectivity index (χ3v) is 6.87. The maximum atomic E-state index is 12.3.